The van der Waals surface area contributed by atoms with Gasteiger partial charge in [0.15, 0.2) is 0 Å². The largest absolute Gasteiger partial charge is 0.494 e. The SMILES string of the molecule is CCCOc1cccc(NCc2cc(Br)ccc2F)c1. The Labute approximate surface area is 127 Å². The molecule has 0 saturated carbocycles. The van der Waals surface area contributed by atoms with Crippen LogP contribution < -0.4 is 10.1 Å². The van der Waals surface area contributed by atoms with E-state index < -0.39 is 0 Å². The van der Waals surface area contributed by atoms with E-state index >= 15 is 0 Å². The molecule has 0 radical (unpaired) electrons. The molecule has 4 heteroatoms. The molecule has 2 aromatic rings. The summed E-state index contributed by atoms with van der Waals surface area (Å²) in [6.45, 7) is 3.20. The molecule has 2 aromatic carbocycles. The lowest BCUT2D eigenvalue weighted by Crippen LogP contribution is -2.02. The van der Waals surface area contributed by atoms with Crippen LogP contribution in [0, 0.1) is 5.82 Å². The number of rotatable bonds is 6. The van der Waals surface area contributed by atoms with Crippen LogP contribution in [0.1, 0.15) is 18.9 Å². The Kier molecular flexibility index (Phi) is 5.41. The number of nitrogens with one attached hydrogen (secondary N) is 1. The summed E-state index contributed by atoms with van der Waals surface area (Å²) in [5, 5.41) is 3.20. The average Bonchev–Trinajstić information content (AvgIpc) is 2.46. The molecular weight excluding hydrogens is 321 g/mol. The minimum absolute atomic E-state index is 0.209. The van der Waals surface area contributed by atoms with Crippen LogP contribution in [0.5, 0.6) is 5.75 Å². The second-order valence-corrected chi connectivity index (χ2v) is 5.38. The smallest absolute Gasteiger partial charge is 0.128 e. The average molecular weight is 338 g/mol. The monoisotopic (exact) mass is 337 g/mol. The van der Waals surface area contributed by atoms with Crippen molar-refractivity contribution in [3.8, 4) is 5.75 Å². The Hall–Kier alpha value is -1.55. The van der Waals surface area contributed by atoms with Crippen LogP contribution in [0.3, 0.4) is 0 Å². The van der Waals surface area contributed by atoms with Crippen LogP contribution in [0.15, 0.2) is 46.9 Å². The van der Waals surface area contributed by atoms with Crippen molar-refractivity contribution < 1.29 is 9.13 Å². The van der Waals surface area contributed by atoms with Gasteiger partial charge in [0.1, 0.15) is 11.6 Å². The molecule has 0 saturated heterocycles. The fourth-order valence-corrected chi connectivity index (χ4v) is 2.20. The minimum atomic E-state index is -0.209. The number of ether oxygens (including phenoxy) is 1. The summed E-state index contributed by atoms with van der Waals surface area (Å²) < 4.78 is 20.1. The molecule has 0 aliphatic heterocycles. The Morgan fingerprint density at radius 1 is 1.20 bits per heavy atom. The number of benzene rings is 2. The number of halogens is 2. The van der Waals surface area contributed by atoms with Gasteiger partial charge in [0.25, 0.3) is 0 Å². The highest BCUT2D eigenvalue weighted by Gasteiger charge is 2.03. The molecule has 0 aromatic heterocycles. The molecule has 0 amide bonds. The van der Waals surface area contributed by atoms with E-state index in [4.69, 9.17) is 4.74 Å². The number of hydrogen-bond donors (Lipinski definition) is 1. The van der Waals surface area contributed by atoms with Gasteiger partial charge in [0.2, 0.25) is 0 Å². The lowest BCUT2D eigenvalue weighted by Gasteiger charge is -2.10. The zero-order chi connectivity index (χ0) is 14.4. The summed E-state index contributed by atoms with van der Waals surface area (Å²) >= 11 is 3.35. The van der Waals surface area contributed by atoms with E-state index in [-0.39, 0.29) is 5.82 Å². The van der Waals surface area contributed by atoms with Crippen molar-refractivity contribution in [3.05, 3.63) is 58.3 Å². The molecule has 0 aliphatic rings. The summed E-state index contributed by atoms with van der Waals surface area (Å²) in [6.07, 6.45) is 0.973. The summed E-state index contributed by atoms with van der Waals surface area (Å²) in [5.74, 6) is 0.616. The highest BCUT2D eigenvalue weighted by Crippen LogP contribution is 2.20. The van der Waals surface area contributed by atoms with Gasteiger partial charge in [-0.05, 0) is 36.8 Å². The van der Waals surface area contributed by atoms with Gasteiger partial charge in [0.05, 0.1) is 6.61 Å². The topological polar surface area (TPSA) is 21.3 Å². The van der Waals surface area contributed by atoms with Crippen LogP contribution in [-0.4, -0.2) is 6.61 Å². The fraction of sp³-hybridized carbons (Fsp3) is 0.250. The van der Waals surface area contributed by atoms with Crippen molar-refractivity contribution >= 4 is 21.6 Å². The van der Waals surface area contributed by atoms with Gasteiger partial charge in [-0.3, -0.25) is 0 Å². The molecule has 2 rings (SSSR count). The fourth-order valence-electron chi connectivity index (χ4n) is 1.79. The van der Waals surface area contributed by atoms with Crippen LogP contribution in [-0.2, 0) is 6.54 Å². The molecule has 0 bridgehead atoms. The van der Waals surface area contributed by atoms with Crippen LogP contribution >= 0.6 is 15.9 Å². The van der Waals surface area contributed by atoms with E-state index in [1.54, 1.807) is 12.1 Å². The Balaban J connectivity index is 2.01. The van der Waals surface area contributed by atoms with Gasteiger partial charge in [-0.1, -0.05) is 28.9 Å². The summed E-state index contributed by atoms with van der Waals surface area (Å²) in [7, 11) is 0. The zero-order valence-corrected chi connectivity index (χ0v) is 12.9. The lowest BCUT2D eigenvalue weighted by atomic mass is 10.2. The summed E-state index contributed by atoms with van der Waals surface area (Å²) in [5.41, 5.74) is 1.54. The van der Waals surface area contributed by atoms with Crippen LogP contribution in [0.4, 0.5) is 10.1 Å². The van der Waals surface area contributed by atoms with E-state index in [1.807, 2.05) is 24.3 Å². The number of anilines is 1. The lowest BCUT2D eigenvalue weighted by molar-refractivity contribution is 0.317. The van der Waals surface area contributed by atoms with Crippen LogP contribution in [0.2, 0.25) is 0 Å². The molecular formula is C16H17BrFNO. The predicted molar refractivity (Wildman–Crippen MR) is 83.7 cm³/mol. The van der Waals surface area contributed by atoms with Crippen molar-refractivity contribution in [3.63, 3.8) is 0 Å². The molecule has 0 unspecified atom stereocenters. The third-order valence-electron chi connectivity index (χ3n) is 2.80. The van der Waals surface area contributed by atoms with E-state index in [2.05, 4.69) is 28.2 Å². The molecule has 0 atom stereocenters. The van der Waals surface area contributed by atoms with E-state index in [1.165, 1.54) is 6.07 Å². The quantitative estimate of drug-likeness (QED) is 0.801. The molecule has 0 aliphatic carbocycles. The maximum Gasteiger partial charge on any atom is 0.128 e. The van der Waals surface area contributed by atoms with E-state index in [0.717, 1.165) is 22.3 Å². The third kappa shape index (κ3) is 4.23. The van der Waals surface area contributed by atoms with E-state index in [0.29, 0.717) is 18.7 Å². The second kappa shape index (κ2) is 7.29. The highest BCUT2D eigenvalue weighted by atomic mass is 79.9. The maximum absolute atomic E-state index is 13.6. The minimum Gasteiger partial charge on any atom is -0.494 e. The predicted octanol–water partition coefficient (Wildman–Crippen LogP) is 4.99. The Bertz CT molecular complexity index is 574. The van der Waals surface area contributed by atoms with Gasteiger partial charge in [0, 0.05) is 28.3 Å². The van der Waals surface area contributed by atoms with Gasteiger partial charge in [-0.15, -0.1) is 0 Å². The van der Waals surface area contributed by atoms with Crippen molar-refractivity contribution in [2.45, 2.75) is 19.9 Å². The summed E-state index contributed by atoms with van der Waals surface area (Å²) in [6, 6.07) is 12.6. The normalized spacial score (nSPS) is 10.3. The highest BCUT2D eigenvalue weighted by molar-refractivity contribution is 9.10. The standard InChI is InChI=1S/C16H17BrFNO/c1-2-8-20-15-5-3-4-14(10-15)19-11-12-9-13(17)6-7-16(12)18/h3-7,9-10,19H,2,8,11H2,1H3. The first-order chi connectivity index (χ1) is 9.69. The van der Waals surface area contributed by atoms with Crippen molar-refractivity contribution in [1.82, 2.24) is 0 Å². The van der Waals surface area contributed by atoms with Gasteiger partial charge in [-0.2, -0.15) is 0 Å². The molecule has 1 N–H and O–H groups in total. The first kappa shape index (κ1) is 14.9. The first-order valence-electron chi connectivity index (χ1n) is 6.59. The van der Waals surface area contributed by atoms with Gasteiger partial charge in [-0.25, -0.2) is 4.39 Å². The van der Waals surface area contributed by atoms with Crippen LogP contribution in [0.25, 0.3) is 0 Å². The second-order valence-electron chi connectivity index (χ2n) is 4.47. The van der Waals surface area contributed by atoms with Gasteiger partial charge >= 0.3 is 0 Å². The molecule has 0 heterocycles. The zero-order valence-electron chi connectivity index (χ0n) is 11.3. The van der Waals surface area contributed by atoms with Crippen molar-refractivity contribution in [2.24, 2.45) is 0 Å². The van der Waals surface area contributed by atoms with Crippen molar-refractivity contribution in [2.75, 3.05) is 11.9 Å². The van der Waals surface area contributed by atoms with Crippen molar-refractivity contribution in [1.29, 1.82) is 0 Å². The van der Waals surface area contributed by atoms with Gasteiger partial charge < -0.3 is 10.1 Å². The molecule has 0 fully saturated rings. The maximum atomic E-state index is 13.6. The first-order valence-corrected chi connectivity index (χ1v) is 7.39. The molecule has 2 nitrogen and oxygen atoms in total. The van der Waals surface area contributed by atoms with E-state index in [9.17, 15) is 4.39 Å². The molecule has 0 spiro atoms. The summed E-state index contributed by atoms with van der Waals surface area (Å²) in [4.78, 5) is 0. The molecule has 20 heavy (non-hydrogen) atoms. The number of hydrogen-bond acceptors (Lipinski definition) is 2. The Morgan fingerprint density at radius 3 is 2.85 bits per heavy atom. The Morgan fingerprint density at radius 2 is 2.05 bits per heavy atom. The molecule has 106 valence electrons. The third-order valence-corrected chi connectivity index (χ3v) is 3.29.